The van der Waals surface area contributed by atoms with E-state index in [-0.39, 0.29) is 18.4 Å². The van der Waals surface area contributed by atoms with E-state index in [9.17, 15) is 9.59 Å². The highest BCUT2D eigenvalue weighted by atomic mass is 32.1. The van der Waals surface area contributed by atoms with Gasteiger partial charge in [0.2, 0.25) is 0 Å². The van der Waals surface area contributed by atoms with Crippen LogP contribution in [0.5, 0.6) is 11.5 Å². The molecule has 0 aliphatic rings. The van der Waals surface area contributed by atoms with Crippen LogP contribution in [0.2, 0.25) is 0 Å². The lowest BCUT2D eigenvalue weighted by atomic mass is 10.1. The molecule has 0 atom stereocenters. The summed E-state index contributed by atoms with van der Waals surface area (Å²) in [6.07, 6.45) is 1.51. The van der Waals surface area contributed by atoms with E-state index in [0.29, 0.717) is 28.3 Å². The first kappa shape index (κ1) is 29.0. The number of aromatic nitrogens is 1. The van der Waals surface area contributed by atoms with Crippen molar-refractivity contribution >= 4 is 45.9 Å². The number of carbonyl (C=O) groups is 2. The fourth-order valence-electron chi connectivity index (χ4n) is 4.01. The number of aryl methyl sites for hydroxylation is 1. The Balaban J connectivity index is 1.11. The average Bonchev–Trinajstić information content (AvgIpc) is 3.50. The Hall–Kier alpha value is -5.48. The SMILES string of the molecule is COc1ccccc1NC(=O)COc1cccc(/C=N/NC(=O)c2ccc(-c3csc(Nc4ccc(C)cc4)n3)cc2)c1. The van der Waals surface area contributed by atoms with Crippen LogP contribution in [0.25, 0.3) is 11.3 Å². The van der Waals surface area contributed by atoms with E-state index in [4.69, 9.17) is 9.47 Å². The summed E-state index contributed by atoms with van der Waals surface area (Å²) < 4.78 is 10.9. The molecular formula is C33H29N5O4S. The maximum Gasteiger partial charge on any atom is 0.271 e. The van der Waals surface area contributed by atoms with Gasteiger partial charge in [-0.25, -0.2) is 10.4 Å². The van der Waals surface area contributed by atoms with Gasteiger partial charge in [0.25, 0.3) is 11.8 Å². The van der Waals surface area contributed by atoms with Gasteiger partial charge in [-0.1, -0.05) is 54.1 Å². The third kappa shape index (κ3) is 8.05. The number of hydrogen-bond acceptors (Lipinski definition) is 8. The molecule has 0 radical (unpaired) electrons. The number of thiazole rings is 1. The Morgan fingerprint density at radius 3 is 2.53 bits per heavy atom. The molecule has 43 heavy (non-hydrogen) atoms. The highest BCUT2D eigenvalue weighted by Gasteiger charge is 2.10. The van der Waals surface area contributed by atoms with Crippen LogP contribution in [0.15, 0.2) is 108 Å². The molecule has 0 aliphatic heterocycles. The van der Waals surface area contributed by atoms with Crippen LogP contribution in [0, 0.1) is 6.92 Å². The number of nitrogens with one attached hydrogen (secondary N) is 3. The highest BCUT2D eigenvalue weighted by molar-refractivity contribution is 7.14. The highest BCUT2D eigenvalue weighted by Crippen LogP contribution is 2.27. The van der Waals surface area contributed by atoms with Crippen LogP contribution in [0.4, 0.5) is 16.5 Å². The summed E-state index contributed by atoms with van der Waals surface area (Å²) in [6, 6.07) is 29.5. The molecule has 0 fully saturated rings. The normalized spacial score (nSPS) is 10.7. The zero-order valence-corrected chi connectivity index (χ0v) is 24.4. The summed E-state index contributed by atoms with van der Waals surface area (Å²) in [5, 5.41) is 12.9. The predicted octanol–water partition coefficient (Wildman–Crippen LogP) is 6.65. The van der Waals surface area contributed by atoms with Crippen LogP contribution in [-0.4, -0.2) is 36.7 Å². The van der Waals surface area contributed by atoms with E-state index in [0.717, 1.165) is 22.1 Å². The van der Waals surface area contributed by atoms with Gasteiger partial charge in [0.05, 0.1) is 24.7 Å². The molecule has 4 aromatic carbocycles. The molecule has 1 aromatic heterocycles. The van der Waals surface area contributed by atoms with Crippen molar-refractivity contribution in [3.63, 3.8) is 0 Å². The molecule has 0 unspecified atom stereocenters. The largest absolute Gasteiger partial charge is 0.495 e. The maximum absolute atomic E-state index is 12.6. The number of ether oxygens (including phenoxy) is 2. The molecule has 1 heterocycles. The molecule has 10 heteroatoms. The van der Waals surface area contributed by atoms with E-state index >= 15 is 0 Å². The number of anilines is 3. The lowest BCUT2D eigenvalue weighted by molar-refractivity contribution is -0.118. The average molecular weight is 592 g/mol. The smallest absolute Gasteiger partial charge is 0.271 e. The number of hydrogen-bond donors (Lipinski definition) is 3. The van der Waals surface area contributed by atoms with E-state index in [1.54, 1.807) is 48.5 Å². The number of benzene rings is 4. The molecule has 2 amide bonds. The monoisotopic (exact) mass is 591 g/mol. The van der Waals surface area contributed by atoms with Gasteiger partial charge in [-0.3, -0.25) is 9.59 Å². The lowest BCUT2D eigenvalue weighted by Gasteiger charge is -2.10. The quantitative estimate of drug-likeness (QED) is 0.117. The van der Waals surface area contributed by atoms with Crippen molar-refractivity contribution in [2.24, 2.45) is 5.10 Å². The van der Waals surface area contributed by atoms with E-state index < -0.39 is 0 Å². The third-order valence-corrected chi connectivity index (χ3v) is 7.00. The van der Waals surface area contributed by atoms with Crippen molar-refractivity contribution in [3.8, 4) is 22.8 Å². The zero-order valence-electron chi connectivity index (χ0n) is 23.5. The van der Waals surface area contributed by atoms with Crippen LogP contribution in [-0.2, 0) is 4.79 Å². The summed E-state index contributed by atoms with van der Waals surface area (Å²) in [7, 11) is 1.54. The van der Waals surface area contributed by atoms with E-state index in [2.05, 4.69) is 26.1 Å². The molecule has 0 spiro atoms. The number of carbonyl (C=O) groups excluding carboxylic acids is 2. The minimum atomic E-state index is -0.344. The number of methoxy groups -OCH3 is 1. The first-order valence-corrected chi connectivity index (χ1v) is 14.2. The summed E-state index contributed by atoms with van der Waals surface area (Å²) >= 11 is 1.52. The van der Waals surface area contributed by atoms with Gasteiger partial charge in [-0.15, -0.1) is 11.3 Å². The molecule has 5 rings (SSSR count). The molecule has 216 valence electrons. The Kier molecular flexibility index (Phi) is 9.40. The summed E-state index contributed by atoms with van der Waals surface area (Å²) in [5.41, 5.74) is 8.16. The van der Waals surface area contributed by atoms with Gasteiger partial charge in [0, 0.05) is 22.2 Å². The molecule has 3 N–H and O–H groups in total. The Morgan fingerprint density at radius 1 is 0.953 bits per heavy atom. The van der Waals surface area contributed by atoms with Gasteiger partial charge in [0.1, 0.15) is 11.5 Å². The fourth-order valence-corrected chi connectivity index (χ4v) is 4.75. The Labute approximate surface area is 253 Å². The Morgan fingerprint density at radius 2 is 1.74 bits per heavy atom. The van der Waals surface area contributed by atoms with Crippen molar-refractivity contribution in [3.05, 3.63) is 119 Å². The lowest BCUT2D eigenvalue weighted by Crippen LogP contribution is -2.20. The van der Waals surface area contributed by atoms with Gasteiger partial charge < -0.3 is 20.1 Å². The van der Waals surface area contributed by atoms with Crippen LogP contribution >= 0.6 is 11.3 Å². The fraction of sp³-hybridized carbons (Fsp3) is 0.0909. The van der Waals surface area contributed by atoms with E-state index in [1.165, 1.54) is 30.2 Å². The maximum atomic E-state index is 12.6. The number of para-hydroxylation sites is 2. The van der Waals surface area contributed by atoms with Crippen LogP contribution in [0.1, 0.15) is 21.5 Å². The second-order valence-electron chi connectivity index (χ2n) is 9.42. The van der Waals surface area contributed by atoms with Gasteiger partial charge in [0.15, 0.2) is 11.7 Å². The number of hydrazone groups is 1. The van der Waals surface area contributed by atoms with E-state index in [1.807, 2.05) is 60.8 Å². The first-order valence-electron chi connectivity index (χ1n) is 13.4. The summed E-state index contributed by atoms with van der Waals surface area (Å²) in [6.45, 7) is 1.87. The van der Waals surface area contributed by atoms with Crippen molar-refractivity contribution in [2.45, 2.75) is 6.92 Å². The van der Waals surface area contributed by atoms with Gasteiger partial charge in [-0.05, 0) is 61.0 Å². The topological polar surface area (TPSA) is 114 Å². The number of rotatable bonds is 11. The first-order chi connectivity index (χ1) is 21.0. The standard InChI is InChI=1S/C33H29N5O4S/c1-22-10-16-26(17-11-22)35-33-37-29(21-43-33)24-12-14-25(15-13-24)32(40)38-34-19-23-6-5-7-27(18-23)42-20-31(39)36-28-8-3-4-9-30(28)41-2/h3-19,21H,20H2,1-2H3,(H,35,37)(H,36,39)(H,38,40)/b34-19+. The number of amides is 2. The second-order valence-corrected chi connectivity index (χ2v) is 10.3. The molecule has 0 aliphatic carbocycles. The van der Waals surface area contributed by atoms with Crippen molar-refractivity contribution < 1.29 is 19.1 Å². The number of nitrogens with zero attached hydrogens (tertiary/aromatic N) is 2. The minimum absolute atomic E-state index is 0.184. The third-order valence-electron chi connectivity index (χ3n) is 6.24. The van der Waals surface area contributed by atoms with Gasteiger partial charge >= 0.3 is 0 Å². The molecule has 0 bridgehead atoms. The molecule has 0 saturated carbocycles. The predicted molar refractivity (Wildman–Crippen MR) is 171 cm³/mol. The minimum Gasteiger partial charge on any atom is -0.495 e. The van der Waals surface area contributed by atoms with Crippen molar-refractivity contribution in [1.82, 2.24) is 10.4 Å². The van der Waals surface area contributed by atoms with Gasteiger partial charge in [-0.2, -0.15) is 5.10 Å². The second kappa shape index (κ2) is 13.9. The van der Waals surface area contributed by atoms with Crippen molar-refractivity contribution in [1.29, 1.82) is 0 Å². The van der Waals surface area contributed by atoms with Crippen LogP contribution < -0.4 is 25.5 Å². The molecular weight excluding hydrogens is 562 g/mol. The molecule has 5 aromatic rings. The zero-order chi connectivity index (χ0) is 30.0. The molecule has 9 nitrogen and oxygen atoms in total. The molecule has 0 saturated heterocycles. The van der Waals surface area contributed by atoms with Crippen LogP contribution in [0.3, 0.4) is 0 Å². The summed E-state index contributed by atoms with van der Waals surface area (Å²) in [5.74, 6) is 0.381. The summed E-state index contributed by atoms with van der Waals surface area (Å²) in [4.78, 5) is 29.6. The Bertz CT molecular complexity index is 1730. The van der Waals surface area contributed by atoms with Crippen molar-refractivity contribution in [2.75, 3.05) is 24.4 Å².